The molecule has 0 aromatic carbocycles. The van der Waals surface area contributed by atoms with Gasteiger partial charge in [0.05, 0.1) is 9.89 Å². The molecule has 0 aliphatic carbocycles. The van der Waals surface area contributed by atoms with Crippen LogP contribution < -0.4 is 0 Å². The minimum Gasteiger partial charge on any atom is -0.388 e. The van der Waals surface area contributed by atoms with E-state index in [2.05, 4.69) is 52.6 Å². The van der Waals surface area contributed by atoms with Crippen LogP contribution in [0.4, 0.5) is 0 Å². The van der Waals surface area contributed by atoms with Crippen molar-refractivity contribution in [3.63, 3.8) is 0 Å². The third kappa shape index (κ3) is 4.55. The first kappa shape index (κ1) is 13.7. The molecule has 1 aromatic rings. The van der Waals surface area contributed by atoms with Gasteiger partial charge in [0.25, 0.3) is 0 Å². The Labute approximate surface area is 112 Å². The van der Waals surface area contributed by atoms with E-state index in [-0.39, 0.29) is 11.5 Å². The van der Waals surface area contributed by atoms with Crippen molar-refractivity contribution in [1.29, 1.82) is 0 Å². The lowest BCUT2D eigenvalue weighted by Gasteiger charge is -2.19. The van der Waals surface area contributed by atoms with Gasteiger partial charge < -0.3 is 5.11 Å². The van der Waals surface area contributed by atoms with E-state index in [1.165, 1.54) is 0 Å². The molecule has 1 nitrogen and oxygen atoms in total. The molecule has 0 bridgehead atoms. The Bertz CT molecular complexity index is 308. The summed E-state index contributed by atoms with van der Waals surface area (Å²) >= 11 is 8.46. The largest absolute Gasteiger partial charge is 0.388 e. The van der Waals surface area contributed by atoms with Crippen LogP contribution in [0.15, 0.2) is 14.3 Å². The number of thiophene rings is 1. The van der Waals surface area contributed by atoms with Gasteiger partial charge in [-0.15, -0.1) is 11.3 Å². The Kier molecular flexibility index (Phi) is 4.84. The fourth-order valence-corrected chi connectivity index (χ4v) is 3.35. The predicted molar refractivity (Wildman–Crippen MR) is 73.4 cm³/mol. The Hall–Kier alpha value is 0.620. The summed E-state index contributed by atoms with van der Waals surface area (Å²) in [4.78, 5) is 1.03. The topological polar surface area (TPSA) is 20.2 Å². The van der Waals surface area contributed by atoms with Crippen LogP contribution in [0, 0.1) is 5.41 Å². The lowest BCUT2D eigenvalue weighted by molar-refractivity contribution is 0.151. The monoisotopic (exact) mass is 354 g/mol. The lowest BCUT2D eigenvalue weighted by Crippen LogP contribution is -2.07. The Morgan fingerprint density at radius 2 is 2.00 bits per heavy atom. The third-order valence-corrected chi connectivity index (χ3v) is 5.52. The van der Waals surface area contributed by atoms with E-state index in [0.29, 0.717) is 0 Å². The fraction of sp³-hybridized carbons (Fsp3) is 0.636. The average Bonchev–Trinajstić information content (AvgIpc) is 2.42. The standard InChI is InChI=1S/C11H16Br2OS/c1-11(2,3)5-4-8(14)9-6-7(12)10(13)15-9/h6,8,14H,4-5H2,1-3H3. The van der Waals surface area contributed by atoms with E-state index in [9.17, 15) is 5.11 Å². The molecule has 1 unspecified atom stereocenters. The van der Waals surface area contributed by atoms with Gasteiger partial charge in [-0.3, -0.25) is 0 Å². The summed E-state index contributed by atoms with van der Waals surface area (Å²) in [6, 6.07) is 1.99. The van der Waals surface area contributed by atoms with Crippen LogP contribution in [0.1, 0.15) is 44.6 Å². The molecule has 1 N–H and O–H groups in total. The van der Waals surface area contributed by atoms with Crippen molar-refractivity contribution < 1.29 is 5.11 Å². The van der Waals surface area contributed by atoms with Crippen molar-refractivity contribution >= 4 is 43.2 Å². The normalized spacial score (nSPS) is 14.3. The van der Waals surface area contributed by atoms with Gasteiger partial charge in [0.1, 0.15) is 0 Å². The number of rotatable bonds is 3. The van der Waals surface area contributed by atoms with Crippen LogP contribution in [0.5, 0.6) is 0 Å². The van der Waals surface area contributed by atoms with Crippen LogP contribution in [0.25, 0.3) is 0 Å². The van der Waals surface area contributed by atoms with Gasteiger partial charge in [-0.2, -0.15) is 0 Å². The van der Waals surface area contributed by atoms with Crippen LogP contribution in [0.2, 0.25) is 0 Å². The summed E-state index contributed by atoms with van der Waals surface area (Å²) in [6.07, 6.45) is 1.52. The molecule has 0 saturated heterocycles. The van der Waals surface area contributed by atoms with Crippen LogP contribution >= 0.6 is 43.2 Å². The van der Waals surface area contributed by atoms with Crippen LogP contribution in [0.3, 0.4) is 0 Å². The first-order valence-electron chi connectivity index (χ1n) is 4.92. The average molecular weight is 356 g/mol. The second-order valence-corrected chi connectivity index (χ2v) is 8.14. The molecule has 0 aliphatic heterocycles. The Balaban J connectivity index is 2.58. The van der Waals surface area contributed by atoms with Gasteiger partial charge in [0, 0.05) is 9.35 Å². The molecule has 4 heteroatoms. The summed E-state index contributed by atoms with van der Waals surface area (Å²) in [7, 11) is 0. The SMILES string of the molecule is CC(C)(C)CCC(O)c1cc(Br)c(Br)s1. The highest BCUT2D eigenvalue weighted by Gasteiger charge is 2.17. The summed E-state index contributed by atoms with van der Waals surface area (Å²) in [6.45, 7) is 6.58. The number of aliphatic hydroxyl groups excluding tert-OH is 1. The summed E-state index contributed by atoms with van der Waals surface area (Å²) < 4.78 is 2.07. The zero-order valence-corrected chi connectivity index (χ0v) is 13.2. The molecule has 15 heavy (non-hydrogen) atoms. The van der Waals surface area contributed by atoms with Crippen LogP contribution in [-0.4, -0.2) is 5.11 Å². The maximum atomic E-state index is 9.99. The highest BCUT2D eigenvalue weighted by Crippen LogP contribution is 2.37. The number of hydrogen-bond acceptors (Lipinski definition) is 2. The van der Waals surface area contributed by atoms with Gasteiger partial charge >= 0.3 is 0 Å². The number of hydrogen-bond donors (Lipinski definition) is 1. The highest BCUT2D eigenvalue weighted by molar-refractivity contribution is 9.13. The van der Waals surface area contributed by atoms with Gasteiger partial charge in [-0.1, -0.05) is 20.8 Å². The first-order chi connectivity index (χ1) is 6.79. The maximum Gasteiger partial charge on any atom is 0.0883 e. The molecule has 0 fully saturated rings. The van der Waals surface area contributed by atoms with Crippen LogP contribution in [-0.2, 0) is 0 Å². The highest BCUT2D eigenvalue weighted by atomic mass is 79.9. The van der Waals surface area contributed by atoms with E-state index in [0.717, 1.165) is 26.0 Å². The lowest BCUT2D eigenvalue weighted by atomic mass is 9.89. The van der Waals surface area contributed by atoms with E-state index >= 15 is 0 Å². The molecular formula is C11H16Br2OS. The first-order valence-corrected chi connectivity index (χ1v) is 7.32. The van der Waals surface area contributed by atoms with Crippen molar-refractivity contribution in [3.05, 3.63) is 19.2 Å². The molecule has 0 aliphatic rings. The van der Waals surface area contributed by atoms with Crippen molar-refractivity contribution in [1.82, 2.24) is 0 Å². The molecule has 1 aromatic heterocycles. The van der Waals surface area contributed by atoms with E-state index < -0.39 is 0 Å². The minimum atomic E-state index is -0.336. The molecular weight excluding hydrogens is 340 g/mol. The van der Waals surface area contributed by atoms with Crippen molar-refractivity contribution in [3.8, 4) is 0 Å². The summed E-state index contributed by atoms with van der Waals surface area (Å²) in [5, 5.41) is 9.99. The van der Waals surface area contributed by atoms with Gasteiger partial charge in [-0.25, -0.2) is 0 Å². The summed E-state index contributed by atoms with van der Waals surface area (Å²) in [5.74, 6) is 0. The quantitative estimate of drug-likeness (QED) is 0.796. The van der Waals surface area contributed by atoms with E-state index in [4.69, 9.17) is 0 Å². The van der Waals surface area contributed by atoms with E-state index in [1.807, 2.05) is 6.07 Å². The maximum absolute atomic E-state index is 9.99. The van der Waals surface area contributed by atoms with Crippen molar-refractivity contribution in [2.24, 2.45) is 5.41 Å². The summed E-state index contributed by atoms with van der Waals surface area (Å²) in [5.41, 5.74) is 0.284. The van der Waals surface area contributed by atoms with Gasteiger partial charge in [0.2, 0.25) is 0 Å². The van der Waals surface area contributed by atoms with Crippen molar-refractivity contribution in [2.75, 3.05) is 0 Å². The predicted octanol–water partition coefficient (Wildman–Crippen LogP) is 5.13. The Morgan fingerprint density at radius 1 is 1.40 bits per heavy atom. The molecule has 1 atom stereocenters. The van der Waals surface area contributed by atoms with Gasteiger partial charge in [-0.05, 0) is 56.2 Å². The second kappa shape index (κ2) is 5.30. The number of halogens is 2. The molecule has 1 heterocycles. The Morgan fingerprint density at radius 3 is 2.40 bits per heavy atom. The molecule has 0 amide bonds. The minimum absolute atomic E-state index is 0.284. The molecule has 0 saturated carbocycles. The van der Waals surface area contributed by atoms with Crippen molar-refractivity contribution in [2.45, 2.75) is 39.7 Å². The molecule has 0 radical (unpaired) electrons. The number of aliphatic hydroxyl groups is 1. The molecule has 1 rings (SSSR count). The zero-order chi connectivity index (χ0) is 11.6. The molecule has 0 spiro atoms. The smallest absolute Gasteiger partial charge is 0.0883 e. The second-order valence-electron chi connectivity index (χ2n) is 4.89. The van der Waals surface area contributed by atoms with Gasteiger partial charge in [0.15, 0.2) is 0 Å². The molecule has 86 valence electrons. The van der Waals surface area contributed by atoms with E-state index in [1.54, 1.807) is 11.3 Å². The zero-order valence-electron chi connectivity index (χ0n) is 9.18. The third-order valence-electron chi connectivity index (χ3n) is 2.16. The fourth-order valence-electron chi connectivity index (χ4n) is 1.24.